The van der Waals surface area contributed by atoms with E-state index in [1.54, 1.807) is 6.92 Å². The molecule has 0 saturated carbocycles. The largest absolute Gasteiger partial charge is 0.316 e. The van der Waals surface area contributed by atoms with Crippen LogP contribution in [0.4, 0.5) is 0 Å². The standard InChI is InChI=1S/C8H16N2O2/c1-2-10(12)8(11)7-4-3-5-9-6-7/h7,9,12H,2-6H2,1H3. The molecule has 0 aromatic rings. The van der Waals surface area contributed by atoms with E-state index in [2.05, 4.69) is 5.32 Å². The average Bonchev–Trinajstić information content (AvgIpc) is 2.17. The van der Waals surface area contributed by atoms with Crippen LogP contribution < -0.4 is 5.32 Å². The number of piperidine rings is 1. The molecule has 0 aliphatic carbocycles. The summed E-state index contributed by atoms with van der Waals surface area (Å²) in [5.74, 6) is -0.173. The third-order valence-corrected chi connectivity index (χ3v) is 2.20. The minimum absolute atomic E-state index is 0.0244. The lowest BCUT2D eigenvalue weighted by molar-refractivity contribution is -0.169. The quantitative estimate of drug-likeness (QED) is 0.463. The lowest BCUT2D eigenvalue weighted by atomic mass is 9.99. The van der Waals surface area contributed by atoms with Crippen LogP contribution in [0.1, 0.15) is 19.8 Å². The fourth-order valence-corrected chi connectivity index (χ4v) is 1.43. The fraction of sp³-hybridized carbons (Fsp3) is 0.875. The Hall–Kier alpha value is -0.610. The number of carbonyl (C=O) groups excluding carboxylic acids is 1. The highest BCUT2D eigenvalue weighted by Gasteiger charge is 2.23. The normalized spacial score (nSPS) is 23.7. The van der Waals surface area contributed by atoms with Crippen LogP contribution >= 0.6 is 0 Å². The zero-order chi connectivity index (χ0) is 8.97. The molecule has 1 aliphatic rings. The van der Waals surface area contributed by atoms with Crippen molar-refractivity contribution in [1.82, 2.24) is 10.4 Å². The number of nitrogens with zero attached hydrogens (tertiary/aromatic N) is 1. The Labute approximate surface area is 72.5 Å². The molecule has 0 aromatic carbocycles. The van der Waals surface area contributed by atoms with E-state index in [0.29, 0.717) is 13.1 Å². The van der Waals surface area contributed by atoms with Gasteiger partial charge in [-0.15, -0.1) is 0 Å². The SMILES string of the molecule is CCN(O)C(=O)C1CCCNC1. The predicted molar refractivity (Wildman–Crippen MR) is 44.8 cm³/mol. The number of nitrogens with one attached hydrogen (secondary N) is 1. The molecule has 1 aliphatic heterocycles. The van der Waals surface area contributed by atoms with Crippen molar-refractivity contribution in [3.63, 3.8) is 0 Å². The number of hydrogen-bond acceptors (Lipinski definition) is 3. The van der Waals surface area contributed by atoms with Gasteiger partial charge in [0.2, 0.25) is 5.91 Å². The molecule has 4 nitrogen and oxygen atoms in total. The molecule has 1 unspecified atom stereocenters. The van der Waals surface area contributed by atoms with Crippen LogP contribution in [0.15, 0.2) is 0 Å². The number of amides is 1. The molecule has 0 bridgehead atoms. The van der Waals surface area contributed by atoms with E-state index in [9.17, 15) is 4.79 Å². The Morgan fingerprint density at radius 2 is 2.50 bits per heavy atom. The molecule has 1 atom stereocenters. The average molecular weight is 172 g/mol. The number of hydrogen-bond donors (Lipinski definition) is 2. The molecule has 1 rings (SSSR count). The molecular formula is C8H16N2O2. The molecule has 0 spiro atoms. The maximum atomic E-state index is 11.4. The van der Waals surface area contributed by atoms with Gasteiger partial charge in [0.1, 0.15) is 0 Å². The van der Waals surface area contributed by atoms with E-state index in [0.717, 1.165) is 24.4 Å². The second kappa shape index (κ2) is 4.42. The summed E-state index contributed by atoms with van der Waals surface area (Å²) in [5.41, 5.74) is 0. The molecule has 1 amide bonds. The van der Waals surface area contributed by atoms with E-state index < -0.39 is 0 Å². The van der Waals surface area contributed by atoms with Crippen molar-refractivity contribution in [3.05, 3.63) is 0 Å². The van der Waals surface area contributed by atoms with E-state index >= 15 is 0 Å². The topological polar surface area (TPSA) is 52.6 Å². The summed E-state index contributed by atoms with van der Waals surface area (Å²) in [7, 11) is 0. The second-order valence-electron chi connectivity index (χ2n) is 3.10. The summed E-state index contributed by atoms with van der Waals surface area (Å²) in [6.45, 7) is 3.82. The Morgan fingerprint density at radius 1 is 1.75 bits per heavy atom. The summed E-state index contributed by atoms with van der Waals surface area (Å²) in [5, 5.41) is 13.1. The van der Waals surface area contributed by atoms with Gasteiger partial charge >= 0.3 is 0 Å². The summed E-state index contributed by atoms with van der Waals surface area (Å²) < 4.78 is 0. The van der Waals surface area contributed by atoms with Crippen molar-refractivity contribution in [2.24, 2.45) is 5.92 Å². The van der Waals surface area contributed by atoms with E-state index in [-0.39, 0.29) is 11.8 Å². The van der Waals surface area contributed by atoms with Gasteiger partial charge in [0, 0.05) is 13.1 Å². The van der Waals surface area contributed by atoms with Crippen LogP contribution in [0.3, 0.4) is 0 Å². The van der Waals surface area contributed by atoms with Crippen LogP contribution in [-0.4, -0.2) is 35.8 Å². The highest BCUT2D eigenvalue weighted by atomic mass is 16.5. The molecule has 0 radical (unpaired) electrons. The van der Waals surface area contributed by atoms with Crippen LogP contribution in [0.5, 0.6) is 0 Å². The highest BCUT2D eigenvalue weighted by Crippen LogP contribution is 2.11. The van der Waals surface area contributed by atoms with Crippen molar-refractivity contribution in [3.8, 4) is 0 Å². The van der Waals surface area contributed by atoms with Gasteiger partial charge in [-0.3, -0.25) is 10.0 Å². The zero-order valence-electron chi connectivity index (χ0n) is 7.42. The molecule has 4 heteroatoms. The Morgan fingerprint density at radius 3 is 3.00 bits per heavy atom. The van der Waals surface area contributed by atoms with Crippen LogP contribution in [0.25, 0.3) is 0 Å². The minimum atomic E-state index is -0.148. The Bertz CT molecular complexity index is 155. The lowest BCUT2D eigenvalue weighted by Crippen LogP contribution is -2.41. The number of rotatable bonds is 2. The van der Waals surface area contributed by atoms with Crippen molar-refractivity contribution in [2.45, 2.75) is 19.8 Å². The summed E-state index contributed by atoms with van der Waals surface area (Å²) in [6.07, 6.45) is 1.91. The van der Waals surface area contributed by atoms with Crippen molar-refractivity contribution < 1.29 is 10.0 Å². The fourth-order valence-electron chi connectivity index (χ4n) is 1.43. The van der Waals surface area contributed by atoms with Crippen molar-refractivity contribution in [2.75, 3.05) is 19.6 Å². The maximum Gasteiger partial charge on any atom is 0.250 e. The highest BCUT2D eigenvalue weighted by molar-refractivity contribution is 5.77. The summed E-state index contributed by atoms with van der Waals surface area (Å²) >= 11 is 0. The molecule has 0 aromatic heterocycles. The molecule has 2 N–H and O–H groups in total. The van der Waals surface area contributed by atoms with Gasteiger partial charge in [0.15, 0.2) is 0 Å². The first-order valence-electron chi connectivity index (χ1n) is 4.46. The smallest absolute Gasteiger partial charge is 0.250 e. The summed E-state index contributed by atoms with van der Waals surface area (Å²) in [4.78, 5) is 11.4. The Kier molecular flexibility index (Phi) is 3.49. The molecule has 70 valence electrons. The first-order valence-corrected chi connectivity index (χ1v) is 4.46. The Balaban J connectivity index is 2.39. The predicted octanol–water partition coefficient (Wildman–Crippen LogP) is 0.224. The van der Waals surface area contributed by atoms with Crippen molar-refractivity contribution in [1.29, 1.82) is 0 Å². The van der Waals surface area contributed by atoms with Gasteiger partial charge in [-0.1, -0.05) is 0 Å². The molecular weight excluding hydrogens is 156 g/mol. The third-order valence-electron chi connectivity index (χ3n) is 2.20. The van der Waals surface area contributed by atoms with Gasteiger partial charge in [-0.2, -0.15) is 0 Å². The number of hydroxylamine groups is 2. The third kappa shape index (κ3) is 2.19. The van der Waals surface area contributed by atoms with Crippen LogP contribution in [0, 0.1) is 5.92 Å². The minimum Gasteiger partial charge on any atom is -0.316 e. The second-order valence-corrected chi connectivity index (χ2v) is 3.10. The molecule has 12 heavy (non-hydrogen) atoms. The zero-order valence-corrected chi connectivity index (χ0v) is 7.42. The monoisotopic (exact) mass is 172 g/mol. The van der Waals surface area contributed by atoms with Gasteiger partial charge in [0.25, 0.3) is 0 Å². The van der Waals surface area contributed by atoms with E-state index in [1.807, 2.05) is 0 Å². The van der Waals surface area contributed by atoms with Gasteiger partial charge < -0.3 is 5.32 Å². The first-order chi connectivity index (χ1) is 5.75. The van der Waals surface area contributed by atoms with Gasteiger partial charge in [-0.05, 0) is 26.3 Å². The van der Waals surface area contributed by atoms with E-state index in [4.69, 9.17) is 5.21 Å². The molecule has 1 fully saturated rings. The first kappa shape index (κ1) is 9.48. The summed E-state index contributed by atoms with van der Waals surface area (Å²) in [6, 6.07) is 0. The van der Waals surface area contributed by atoms with Gasteiger partial charge in [0.05, 0.1) is 5.92 Å². The molecule has 1 heterocycles. The molecule has 1 saturated heterocycles. The number of carbonyl (C=O) groups is 1. The van der Waals surface area contributed by atoms with Crippen molar-refractivity contribution >= 4 is 5.91 Å². The lowest BCUT2D eigenvalue weighted by Gasteiger charge is -2.24. The maximum absolute atomic E-state index is 11.4. The van der Waals surface area contributed by atoms with Gasteiger partial charge in [-0.25, -0.2) is 5.06 Å². The van der Waals surface area contributed by atoms with Crippen LogP contribution in [-0.2, 0) is 4.79 Å². The van der Waals surface area contributed by atoms with Crippen LogP contribution in [0.2, 0.25) is 0 Å². The van der Waals surface area contributed by atoms with E-state index in [1.165, 1.54) is 0 Å².